The van der Waals surface area contributed by atoms with Crippen LogP contribution in [0.1, 0.15) is 64.5 Å². The van der Waals surface area contributed by atoms with Gasteiger partial charge in [-0.2, -0.15) is 0 Å². The second-order valence-corrected chi connectivity index (χ2v) is 10.8. The van der Waals surface area contributed by atoms with Crippen LogP contribution in [-0.2, 0) is 4.79 Å². The van der Waals surface area contributed by atoms with Crippen molar-refractivity contribution in [3.8, 4) is 11.5 Å². The van der Waals surface area contributed by atoms with Crippen LogP contribution in [0.2, 0.25) is 0 Å². The van der Waals surface area contributed by atoms with Gasteiger partial charge in [0.05, 0.1) is 14.2 Å². The number of likely N-dealkylation sites (tertiary alicyclic amines) is 2. The van der Waals surface area contributed by atoms with Crippen LogP contribution in [0.3, 0.4) is 0 Å². The van der Waals surface area contributed by atoms with Crippen molar-refractivity contribution in [2.45, 2.75) is 38.0 Å². The fourth-order valence-corrected chi connectivity index (χ4v) is 6.42. The van der Waals surface area contributed by atoms with Crippen molar-refractivity contribution in [3.63, 3.8) is 0 Å². The molecule has 38 heavy (non-hydrogen) atoms. The van der Waals surface area contributed by atoms with Gasteiger partial charge in [0.1, 0.15) is 5.75 Å². The van der Waals surface area contributed by atoms with Crippen molar-refractivity contribution in [3.05, 3.63) is 59.4 Å². The molecule has 2 saturated heterocycles. The molecule has 2 aromatic carbocycles. The van der Waals surface area contributed by atoms with Crippen molar-refractivity contribution in [1.29, 1.82) is 0 Å². The number of methoxy groups -OCH3 is 2. The van der Waals surface area contributed by atoms with E-state index in [1.165, 1.54) is 0 Å². The molecular formula is C30H32N2O6. The van der Waals surface area contributed by atoms with Gasteiger partial charge in [0.15, 0.2) is 22.9 Å². The molecule has 0 saturated carbocycles. The van der Waals surface area contributed by atoms with Gasteiger partial charge in [-0.3, -0.25) is 14.4 Å². The van der Waals surface area contributed by atoms with Gasteiger partial charge in [-0.25, -0.2) is 0 Å². The van der Waals surface area contributed by atoms with Crippen LogP contribution < -0.4 is 9.47 Å². The molecule has 3 aliphatic rings. The Labute approximate surface area is 221 Å². The molecule has 1 unspecified atom stereocenters. The molecule has 6 rings (SSSR count). The van der Waals surface area contributed by atoms with Crippen LogP contribution in [0.15, 0.2) is 46.9 Å². The summed E-state index contributed by atoms with van der Waals surface area (Å²) in [5.41, 5.74) is 2.26. The molecule has 0 N–H and O–H groups in total. The Morgan fingerprint density at radius 1 is 1.00 bits per heavy atom. The van der Waals surface area contributed by atoms with Gasteiger partial charge in [-0.1, -0.05) is 12.1 Å². The summed E-state index contributed by atoms with van der Waals surface area (Å²) in [5, 5.41) is 0.844. The number of furan rings is 1. The van der Waals surface area contributed by atoms with Gasteiger partial charge < -0.3 is 23.7 Å². The Morgan fingerprint density at radius 2 is 1.76 bits per heavy atom. The molecule has 3 heterocycles. The monoisotopic (exact) mass is 516 g/mol. The summed E-state index contributed by atoms with van der Waals surface area (Å²) in [6.45, 7) is 2.71. The number of carbonyl (C=O) groups excluding carboxylic acids is 3. The van der Waals surface area contributed by atoms with E-state index in [1.807, 2.05) is 40.1 Å². The van der Waals surface area contributed by atoms with Crippen molar-refractivity contribution >= 4 is 28.6 Å². The molecule has 2 fully saturated rings. The molecular weight excluding hydrogens is 484 g/mol. The third kappa shape index (κ3) is 4.22. The molecule has 0 radical (unpaired) electrons. The lowest BCUT2D eigenvalue weighted by Crippen LogP contribution is -2.44. The number of Topliss-reactive ketones (excluding diaryl/α,β-unsaturated/α-hetero) is 1. The standard InChI is InChI=1S/C30H32N2O6/c1-36-21-6-7-22-23(17-21)20(14-24(22)33)16-27(34)32-13-10-30(18-32)8-11-31(12-9-30)29(35)26-15-19-4-3-5-25(37-2)28(19)38-26/h3-7,15,17,20H,8-14,16,18H2,1-2H3. The van der Waals surface area contributed by atoms with Crippen LogP contribution in [0.25, 0.3) is 11.0 Å². The first-order valence-electron chi connectivity index (χ1n) is 13.2. The fourth-order valence-electron chi connectivity index (χ4n) is 6.42. The predicted molar refractivity (Wildman–Crippen MR) is 141 cm³/mol. The lowest BCUT2D eigenvalue weighted by Gasteiger charge is -2.39. The van der Waals surface area contributed by atoms with Crippen molar-refractivity contribution in [1.82, 2.24) is 9.80 Å². The molecule has 1 aliphatic carbocycles. The van der Waals surface area contributed by atoms with E-state index in [-0.39, 0.29) is 28.9 Å². The number of fused-ring (bicyclic) bond motifs is 2. The van der Waals surface area contributed by atoms with Gasteiger partial charge in [-0.05, 0) is 60.6 Å². The minimum absolute atomic E-state index is 0.0379. The zero-order valence-electron chi connectivity index (χ0n) is 21.8. The van der Waals surface area contributed by atoms with E-state index in [9.17, 15) is 14.4 Å². The molecule has 2 aliphatic heterocycles. The summed E-state index contributed by atoms with van der Waals surface area (Å²) in [5.74, 6) is 1.64. The van der Waals surface area contributed by atoms with Crippen LogP contribution in [0.5, 0.6) is 11.5 Å². The molecule has 0 bridgehead atoms. The zero-order chi connectivity index (χ0) is 26.4. The second kappa shape index (κ2) is 9.49. The molecule has 1 spiro atoms. The molecule has 1 aromatic heterocycles. The normalized spacial score (nSPS) is 20.3. The Bertz CT molecular complexity index is 1420. The van der Waals surface area contributed by atoms with Gasteiger partial charge in [-0.15, -0.1) is 0 Å². The Hall–Kier alpha value is -3.81. The lowest BCUT2D eigenvalue weighted by molar-refractivity contribution is -0.131. The predicted octanol–water partition coefficient (Wildman–Crippen LogP) is 4.67. The second-order valence-electron chi connectivity index (χ2n) is 10.8. The summed E-state index contributed by atoms with van der Waals surface area (Å²) in [4.78, 5) is 42.8. The summed E-state index contributed by atoms with van der Waals surface area (Å²) in [7, 11) is 3.19. The average Bonchev–Trinajstić information content (AvgIpc) is 3.64. The van der Waals surface area contributed by atoms with E-state index in [1.54, 1.807) is 26.4 Å². The first-order chi connectivity index (χ1) is 18.4. The van der Waals surface area contributed by atoms with E-state index in [4.69, 9.17) is 13.9 Å². The molecule has 8 heteroatoms. The topological polar surface area (TPSA) is 89.3 Å². The summed E-state index contributed by atoms with van der Waals surface area (Å²) < 4.78 is 16.6. The van der Waals surface area contributed by atoms with Gasteiger partial charge >= 0.3 is 0 Å². The number of ketones is 1. The minimum atomic E-state index is -0.107. The van der Waals surface area contributed by atoms with Gasteiger partial charge in [0.25, 0.3) is 5.91 Å². The van der Waals surface area contributed by atoms with Crippen molar-refractivity contribution < 1.29 is 28.3 Å². The molecule has 1 atom stereocenters. The van der Waals surface area contributed by atoms with Gasteiger partial charge in [0, 0.05) is 55.9 Å². The maximum absolute atomic E-state index is 13.3. The Morgan fingerprint density at radius 3 is 2.50 bits per heavy atom. The van der Waals surface area contributed by atoms with E-state index in [2.05, 4.69) is 0 Å². The Balaban J connectivity index is 1.07. The number of para-hydroxylation sites is 1. The van der Waals surface area contributed by atoms with Crippen LogP contribution >= 0.6 is 0 Å². The first-order valence-corrected chi connectivity index (χ1v) is 13.2. The number of hydrogen-bond acceptors (Lipinski definition) is 6. The number of rotatable bonds is 5. The van der Waals surface area contributed by atoms with Crippen molar-refractivity contribution in [2.75, 3.05) is 40.4 Å². The van der Waals surface area contributed by atoms with E-state index in [0.717, 1.165) is 36.8 Å². The first kappa shape index (κ1) is 24.5. The third-order valence-corrected chi connectivity index (χ3v) is 8.69. The highest BCUT2D eigenvalue weighted by molar-refractivity contribution is 6.02. The highest BCUT2D eigenvalue weighted by Gasteiger charge is 2.44. The maximum Gasteiger partial charge on any atom is 0.289 e. The van der Waals surface area contributed by atoms with Crippen molar-refractivity contribution in [2.24, 2.45) is 5.41 Å². The van der Waals surface area contributed by atoms with E-state index in [0.29, 0.717) is 60.9 Å². The number of ether oxygens (including phenoxy) is 2. The number of amides is 2. The lowest BCUT2D eigenvalue weighted by atomic mass is 9.77. The quantitative estimate of drug-likeness (QED) is 0.490. The summed E-state index contributed by atoms with van der Waals surface area (Å²) in [6.07, 6.45) is 3.36. The number of carbonyl (C=O) groups is 3. The number of hydrogen-bond donors (Lipinski definition) is 0. The summed E-state index contributed by atoms with van der Waals surface area (Å²) >= 11 is 0. The molecule has 8 nitrogen and oxygen atoms in total. The highest BCUT2D eigenvalue weighted by Crippen LogP contribution is 2.43. The molecule has 2 amide bonds. The zero-order valence-corrected chi connectivity index (χ0v) is 21.8. The number of piperidine rings is 1. The molecule has 3 aromatic rings. The maximum atomic E-state index is 13.3. The highest BCUT2D eigenvalue weighted by atomic mass is 16.5. The Kier molecular flexibility index (Phi) is 6.13. The minimum Gasteiger partial charge on any atom is -0.497 e. The number of nitrogens with zero attached hydrogens (tertiary/aromatic N) is 2. The number of benzene rings is 2. The third-order valence-electron chi connectivity index (χ3n) is 8.69. The fraction of sp³-hybridized carbons (Fsp3) is 0.433. The smallest absolute Gasteiger partial charge is 0.289 e. The molecule has 198 valence electrons. The van der Waals surface area contributed by atoms with Crippen LogP contribution in [-0.4, -0.2) is 67.8 Å². The largest absolute Gasteiger partial charge is 0.497 e. The summed E-state index contributed by atoms with van der Waals surface area (Å²) in [6, 6.07) is 12.9. The van der Waals surface area contributed by atoms with Gasteiger partial charge in [0.2, 0.25) is 5.91 Å². The van der Waals surface area contributed by atoms with Crippen LogP contribution in [0, 0.1) is 5.41 Å². The SMILES string of the molecule is COc1ccc2c(c1)C(CC(=O)N1CCC3(CCN(C(=O)c4cc5cccc(OC)c5o4)CC3)C1)CC2=O. The van der Waals surface area contributed by atoms with Crippen LogP contribution in [0.4, 0.5) is 0 Å². The van der Waals surface area contributed by atoms with E-state index >= 15 is 0 Å². The average molecular weight is 517 g/mol. The van der Waals surface area contributed by atoms with E-state index < -0.39 is 0 Å².